The van der Waals surface area contributed by atoms with Gasteiger partial charge in [0.2, 0.25) is 0 Å². The van der Waals surface area contributed by atoms with Gasteiger partial charge in [0.25, 0.3) is 0 Å². The van der Waals surface area contributed by atoms with Crippen LogP contribution >= 0.6 is 0 Å². The van der Waals surface area contributed by atoms with Crippen LogP contribution in [0, 0.1) is 32.6 Å². The summed E-state index contributed by atoms with van der Waals surface area (Å²) in [7, 11) is 0. The van der Waals surface area contributed by atoms with Gasteiger partial charge in [-0.15, -0.1) is 0 Å². The molecule has 0 aliphatic carbocycles. The summed E-state index contributed by atoms with van der Waals surface area (Å²) in [6, 6.07) is 4.41. The van der Waals surface area contributed by atoms with Gasteiger partial charge in [0.05, 0.1) is 6.61 Å². The molecule has 1 heterocycles. The average molecular weight is 303 g/mol. The number of nitrogens with zero attached hydrogens (tertiary/aromatic N) is 1. The minimum Gasteiger partial charge on any atom is -0.493 e. The minimum atomic E-state index is 0.837. The topological polar surface area (TPSA) is 12.5 Å². The van der Waals surface area contributed by atoms with Gasteiger partial charge in [0.1, 0.15) is 5.75 Å². The first-order valence-corrected chi connectivity index (χ1v) is 8.88. The molecule has 1 aromatic carbocycles. The molecule has 2 atom stereocenters. The van der Waals surface area contributed by atoms with Gasteiger partial charge in [-0.2, -0.15) is 0 Å². The van der Waals surface area contributed by atoms with E-state index in [0.717, 1.165) is 30.6 Å². The third-order valence-corrected chi connectivity index (χ3v) is 4.66. The molecule has 0 radical (unpaired) electrons. The zero-order valence-electron chi connectivity index (χ0n) is 15.1. The molecule has 2 nitrogen and oxygen atoms in total. The lowest BCUT2D eigenvalue weighted by molar-refractivity contribution is 0.136. The van der Waals surface area contributed by atoms with E-state index in [4.69, 9.17) is 4.74 Å². The van der Waals surface area contributed by atoms with E-state index in [1.54, 1.807) is 0 Å². The number of benzene rings is 1. The van der Waals surface area contributed by atoms with Crippen LogP contribution in [0.1, 0.15) is 49.8 Å². The summed E-state index contributed by atoms with van der Waals surface area (Å²) in [4.78, 5) is 2.64. The summed E-state index contributed by atoms with van der Waals surface area (Å²) in [5.74, 6) is 2.81. The quantitative estimate of drug-likeness (QED) is 0.703. The summed E-state index contributed by atoms with van der Waals surface area (Å²) in [6.07, 6.45) is 3.78. The molecule has 1 saturated heterocycles. The van der Waals surface area contributed by atoms with Crippen LogP contribution in [0.2, 0.25) is 0 Å². The Morgan fingerprint density at radius 3 is 2.18 bits per heavy atom. The van der Waals surface area contributed by atoms with E-state index in [1.807, 2.05) is 0 Å². The lowest BCUT2D eigenvalue weighted by Crippen LogP contribution is -2.39. The maximum Gasteiger partial charge on any atom is 0.125 e. The second-order valence-electron chi connectivity index (χ2n) is 7.49. The van der Waals surface area contributed by atoms with Crippen molar-refractivity contribution in [2.24, 2.45) is 11.8 Å². The van der Waals surface area contributed by atoms with Gasteiger partial charge >= 0.3 is 0 Å². The van der Waals surface area contributed by atoms with E-state index >= 15 is 0 Å². The summed E-state index contributed by atoms with van der Waals surface area (Å²) >= 11 is 0. The van der Waals surface area contributed by atoms with Crippen molar-refractivity contribution in [3.63, 3.8) is 0 Å². The van der Waals surface area contributed by atoms with Gasteiger partial charge in [-0.3, -0.25) is 0 Å². The number of aryl methyl sites for hydroxylation is 3. The van der Waals surface area contributed by atoms with Crippen LogP contribution in [0.3, 0.4) is 0 Å². The van der Waals surface area contributed by atoms with Crippen molar-refractivity contribution in [1.82, 2.24) is 4.90 Å². The maximum atomic E-state index is 6.04. The first kappa shape index (κ1) is 17.3. The van der Waals surface area contributed by atoms with E-state index in [1.165, 1.54) is 49.2 Å². The number of likely N-dealkylation sites (tertiary alicyclic amines) is 1. The van der Waals surface area contributed by atoms with Crippen LogP contribution < -0.4 is 4.74 Å². The zero-order valence-corrected chi connectivity index (χ0v) is 15.1. The lowest BCUT2D eigenvalue weighted by Gasteiger charge is -2.34. The fraction of sp³-hybridized carbons (Fsp3) is 0.700. The number of ether oxygens (including phenoxy) is 1. The zero-order chi connectivity index (χ0) is 16.1. The van der Waals surface area contributed by atoms with E-state index in [0.29, 0.717) is 0 Å². The van der Waals surface area contributed by atoms with Crippen LogP contribution in [-0.4, -0.2) is 31.1 Å². The molecule has 0 aromatic heterocycles. The average Bonchev–Trinajstić information content (AvgIpc) is 2.39. The fourth-order valence-corrected chi connectivity index (χ4v) is 3.98. The van der Waals surface area contributed by atoms with Crippen molar-refractivity contribution < 1.29 is 4.74 Å². The Kier molecular flexibility index (Phi) is 6.31. The Hall–Kier alpha value is -1.02. The molecule has 0 unspecified atom stereocenters. The summed E-state index contributed by atoms with van der Waals surface area (Å²) in [6.45, 7) is 15.8. The monoisotopic (exact) mass is 303 g/mol. The largest absolute Gasteiger partial charge is 0.493 e. The highest BCUT2D eigenvalue weighted by atomic mass is 16.5. The van der Waals surface area contributed by atoms with Gasteiger partial charge in [-0.25, -0.2) is 0 Å². The molecule has 0 saturated carbocycles. The van der Waals surface area contributed by atoms with Crippen molar-refractivity contribution >= 4 is 0 Å². The SMILES string of the molecule is Cc1cc(C)c(OCCCCN2C[C@@H](C)C[C@H](C)C2)c(C)c1. The Morgan fingerprint density at radius 1 is 1.00 bits per heavy atom. The molecule has 0 spiro atoms. The highest BCUT2D eigenvalue weighted by Gasteiger charge is 2.20. The summed E-state index contributed by atoms with van der Waals surface area (Å²) < 4.78 is 6.04. The fourth-order valence-electron chi connectivity index (χ4n) is 3.98. The van der Waals surface area contributed by atoms with Gasteiger partial charge < -0.3 is 9.64 Å². The third kappa shape index (κ3) is 5.01. The second-order valence-corrected chi connectivity index (χ2v) is 7.49. The molecule has 124 valence electrons. The number of hydrogen-bond donors (Lipinski definition) is 0. The first-order chi connectivity index (χ1) is 10.5. The van der Waals surface area contributed by atoms with Crippen LogP contribution in [0.5, 0.6) is 5.75 Å². The van der Waals surface area contributed by atoms with Crippen LogP contribution in [0.25, 0.3) is 0 Å². The molecule has 2 rings (SSSR count). The Morgan fingerprint density at radius 2 is 1.59 bits per heavy atom. The second kappa shape index (κ2) is 8.01. The van der Waals surface area contributed by atoms with Crippen molar-refractivity contribution in [1.29, 1.82) is 0 Å². The molecule has 22 heavy (non-hydrogen) atoms. The van der Waals surface area contributed by atoms with E-state index in [9.17, 15) is 0 Å². The summed E-state index contributed by atoms with van der Waals surface area (Å²) in [5.41, 5.74) is 3.84. The third-order valence-electron chi connectivity index (χ3n) is 4.66. The van der Waals surface area contributed by atoms with Gasteiger partial charge in [-0.1, -0.05) is 31.5 Å². The van der Waals surface area contributed by atoms with Crippen LogP contribution in [0.15, 0.2) is 12.1 Å². The van der Waals surface area contributed by atoms with E-state index < -0.39 is 0 Å². The van der Waals surface area contributed by atoms with E-state index in [2.05, 4.69) is 51.7 Å². The first-order valence-electron chi connectivity index (χ1n) is 8.88. The van der Waals surface area contributed by atoms with Crippen molar-refractivity contribution in [3.8, 4) is 5.75 Å². The molecule has 2 heteroatoms. The Bertz CT molecular complexity index is 450. The molecule has 1 aliphatic rings. The molecule has 1 aromatic rings. The Balaban J connectivity index is 1.69. The number of hydrogen-bond acceptors (Lipinski definition) is 2. The van der Waals surface area contributed by atoms with Gasteiger partial charge in [-0.05, 0) is 69.5 Å². The lowest BCUT2D eigenvalue weighted by atomic mass is 9.92. The highest BCUT2D eigenvalue weighted by molar-refractivity contribution is 5.42. The smallest absolute Gasteiger partial charge is 0.125 e. The predicted molar refractivity (Wildman–Crippen MR) is 94.8 cm³/mol. The molecular weight excluding hydrogens is 270 g/mol. The Labute approximate surface area is 136 Å². The van der Waals surface area contributed by atoms with E-state index in [-0.39, 0.29) is 0 Å². The predicted octanol–water partition coefficient (Wildman–Crippen LogP) is 4.75. The standard InChI is InChI=1S/C20H33NO/c1-15-11-18(4)20(19(5)12-15)22-9-7-6-8-21-13-16(2)10-17(3)14-21/h11-12,16-17H,6-10,13-14H2,1-5H3/t16-,17-/m0/s1. The van der Waals surface area contributed by atoms with Gasteiger partial charge in [0, 0.05) is 13.1 Å². The maximum absolute atomic E-state index is 6.04. The molecule has 0 N–H and O–H groups in total. The van der Waals surface area contributed by atoms with Crippen molar-refractivity contribution in [2.45, 2.75) is 53.9 Å². The number of piperidine rings is 1. The molecular formula is C20H33NO. The highest BCUT2D eigenvalue weighted by Crippen LogP contribution is 2.25. The van der Waals surface area contributed by atoms with Gasteiger partial charge in [0.15, 0.2) is 0 Å². The molecule has 1 aliphatic heterocycles. The van der Waals surface area contributed by atoms with Crippen LogP contribution in [-0.2, 0) is 0 Å². The molecule has 0 amide bonds. The van der Waals surface area contributed by atoms with Crippen molar-refractivity contribution in [3.05, 3.63) is 28.8 Å². The van der Waals surface area contributed by atoms with Crippen LogP contribution in [0.4, 0.5) is 0 Å². The summed E-state index contributed by atoms with van der Waals surface area (Å²) in [5, 5.41) is 0. The molecule has 1 fully saturated rings. The normalized spacial score (nSPS) is 22.8. The number of rotatable bonds is 6. The number of unbranched alkanes of at least 4 members (excludes halogenated alkanes) is 1. The molecule has 0 bridgehead atoms. The minimum absolute atomic E-state index is 0.837. The van der Waals surface area contributed by atoms with Crippen molar-refractivity contribution in [2.75, 3.05) is 26.2 Å².